The molecule has 3 nitrogen and oxygen atoms in total. The van der Waals surface area contributed by atoms with Crippen LogP contribution < -0.4 is 15.8 Å². The monoisotopic (exact) mass is 322 g/mol. The molecule has 0 spiro atoms. The molecule has 0 aliphatic rings. The van der Waals surface area contributed by atoms with Gasteiger partial charge < -0.3 is 15.8 Å². The Morgan fingerprint density at radius 2 is 2.10 bits per heavy atom. The summed E-state index contributed by atoms with van der Waals surface area (Å²) >= 11 is 6.70. The highest BCUT2D eigenvalue weighted by molar-refractivity contribution is 7.98. The minimum atomic E-state index is -0.407. The van der Waals surface area contributed by atoms with E-state index in [1.807, 2.05) is 24.5 Å². The predicted octanol–water partition coefficient (Wildman–Crippen LogP) is 3.93. The van der Waals surface area contributed by atoms with E-state index in [1.165, 1.54) is 13.2 Å². The Morgan fingerprint density at radius 1 is 1.33 bits per heavy atom. The number of nitrogens with one attached hydrogen (secondary N) is 1. The van der Waals surface area contributed by atoms with Gasteiger partial charge in [-0.1, -0.05) is 18.3 Å². The normalized spacial score (nSPS) is 10.2. The van der Waals surface area contributed by atoms with Crippen LogP contribution in [0.3, 0.4) is 0 Å². The summed E-state index contributed by atoms with van der Waals surface area (Å²) in [5, 5.41) is 3.20. The van der Waals surface area contributed by atoms with Crippen LogP contribution in [0.15, 0.2) is 41.3 Å². The molecule has 2 rings (SSSR count). The van der Waals surface area contributed by atoms with Crippen molar-refractivity contribution in [3.63, 3.8) is 0 Å². The van der Waals surface area contributed by atoms with Crippen LogP contribution in [0.25, 0.3) is 0 Å². The Hall–Kier alpha value is -1.79. The lowest BCUT2D eigenvalue weighted by Gasteiger charge is -2.15. The van der Waals surface area contributed by atoms with Gasteiger partial charge in [0.1, 0.15) is 4.99 Å². The van der Waals surface area contributed by atoms with Gasteiger partial charge in [0.05, 0.1) is 7.11 Å². The van der Waals surface area contributed by atoms with Crippen molar-refractivity contribution in [3.05, 3.63) is 47.8 Å². The third kappa shape index (κ3) is 3.46. The zero-order valence-corrected chi connectivity index (χ0v) is 13.3. The molecule has 0 saturated carbocycles. The number of hydrogen-bond donors (Lipinski definition) is 2. The molecule has 0 amide bonds. The molecule has 0 fully saturated rings. The number of anilines is 2. The number of methoxy groups -OCH3 is 1. The average Bonchev–Trinajstić information content (AvgIpc) is 2.48. The van der Waals surface area contributed by atoms with Crippen molar-refractivity contribution in [2.45, 2.75) is 4.90 Å². The summed E-state index contributed by atoms with van der Waals surface area (Å²) in [7, 11) is 1.43. The van der Waals surface area contributed by atoms with Gasteiger partial charge in [-0.15, -0.1) is 11.8 Å². The van der Waals surface area contributed by atoms with Gasteiger partial charge >= 0.3 is 0 Å². The SMILES string of the molecule is COc1cc(Nc2cccc(SC)c2C(N)=S)ccc1F. The summed E-state index contributed by atoms with van der Waals surface area (Å²) in [6, 6.07) is 10.3. The Bertz CT molecular complexity index is 677. The topological polar surface area (TPSA) is 47.3 Å². The lowest BCUT2D eigenvalue weighted by atomic mass is 10.1. The second-order valence-electron chi connectivity index (χ2n) is 4.22. The molecular weight excluding hydrogens is 307 g/mol. The van der Waals surface area contributed by atoms with Crippen LogP contribution in [0.1, 0.15) is 5.56 Å². The predicted molar refractivity (Wildman–Crippen MR) is 90.3 cm³/mol. The Morgan fingerprint density at radius 3 is 2.71 bits per heavy atom. The molecule has 110 valence electrons. The largest absolute Gasteiger partial charge is 0.494 e. The Kier molecular flexibility index (Phi) is 5.03. The molecule has 2 aromatic carbocycles. The van der Waals surface area contributed by atoms with E-state index in [0.29, 0.717) is 10.7 Å². The summed E-state index contributed by atoms with van der Waals surface area (Å²) in [5.74, 6) is -0.228. The minimum absolute atomic E-state index is 0.179. The first-order chi connectivity index (χ1) is 10.1. The van der Waals surface area contributed by atoms with Crippen LogP contribution in [0.4, 0.5) is 15.8 Å². The maximum absolute atomic E-state index is 13.4. The fourth-order valence-corrected chi connectivity index (χ4v) is 2.88. The van der Waals surface area contributed by atoms with Crippen LogP contribution in [0.2, 0.25) is 0 Å². The van der Waals surface area contributed by atoms with Crippen LogP contribution >= 0.6 is 24.0 Å². The lowest BCUT2D eigenvalue weighted by Crippen LogP contribution is -2.13. The highest BCUT2D eigenvalue weighted by Gasteiger charge is 2.11. The van der Waals surface area contributed by atoms with E-state index in [9.17, 15) is 4.39 Å². The van der Waals surface area contributed by atoms with Crippen molar-refractivity contribution in [2.24, 2.45) is 5.73 Å². The van der Waals surface area contributed by atoms with Crippen molar-refractivity contribution in [3.8, 4) is 5.75 Å². The molecule has 3 N–H and O–H groups in total. The van der Waals surface area contributed by atoms with Crippen LogP contribution in [-0.4, -0.2) is 18.4 Å². The van der Waals surface area contributed by atoms with Gasteiger partial charge in [0.2, 0.25) is 0 Å². The molecule has 0 unspecified atom stereocenters. The Balaban J connectivity index is 2.42. The minimum Gasteiger partial charge on any atom is -0.494 e. The molecule has 0 saturated heterocycles. The summed E-state index contributed by atoms with van der Waals surface area (Å²) in [5.41, 5.74) is 8.08. The molecule has 2 aromatic rings. The molecule has 0 heterocycles. The van der Waals surface area contributed by atoms with Gasteiger partial charge in [-0.25, -0.2) is 4.39 Å². The third-order valence-corrected chi connectivity index (χ3v) is 3.91. The van der Waals surface area contributed by atoms with E-state index in [2.05, 4.69) is 5.32 Å². The van der Waals surface area contributed by atoms with E-state index in [0.717, 1.165) is 16.1 Å². The van der Waals surface area contributed by atoms with Crippen LogP contribution in [0, 0.1) is 5.82 Å². The molecule has 0 aromatic heterocycles. The molecule has 0 bridgehead atoms. The van der Waals surface area contributed by atoms with E-state index in [-0.39, 0.29) is 5.75 Å². The fourth-order valence-electron chi connectivity index (χ4n) is 1.95. The van der Waals surface area contributed by atoms with Gasteiger partial charge in [0.15, 0.2) is 11.6 Å². The third-order valence-electron chi connectivity index (χ3n) is 2.92. The number of ether oxygens (including phenoxy) is 1. The number of rotatable bonds is 5. The van der Waals surface area contributed by atoms with Crippen molar-refractivity contribution in [1.82, 2.24) is 0 Å². The molecule has 0 aliphatic carbocycles. The summed E-state index contributed by atoms with van der Waals surface area (Å²) in [6.45, 7) is 0. The summed E-state index contributed by atoms with van der Waals surface area (Å²) in [4.78, 5) is 1.30. The first-order valence-corrected chi connectivity index (χ1v) is 7.77. The van der Waals surface area contributed by atoms with Gasteiger partial charge in [-0.2, -0.15) is 0 Å². The number of halogens is 1. The Labute approximate surface area is 132 Å². The molecule has 0 radical (unpaired) electrons. The highest BCUT2D eigenvalue weighted by Crippen LogP contribution is 2.30. The lowest BCUT2D eigenvalue weighted by molar-refractivity contribution is 0.387. The van der Waals surface area contributed by atoms with Crippen LogP contribution in [-0.2, 0) is 0 Å². The molecule has 6 heteroatoms. The number of thioether (sulfide) groups is 1. The van der Waals surface area contributed by atoms with Crippen LogP contribution in [0.5, 0.6) is 5.75 Å². The summed E-state index contributed by atoms with van der Waals surface area (Å²) in [6.07, 6.45) is 1.96. The number of hydrogen-bond acceptors (Lipinski definition) is 4. The van der Waals surface area contributed by atoms with Crippen molar-refractivity contribution in [1.29, 1.82) is 0 Å². The zero-order valence-electron chi connectivity index (χ0n) is 11.6. The van der Waals surface area contributed by atoms with Crippen molar-refractivity contribution >= 4 is 40.3 Å². The van der Waals surface area contributed by atoms with Crippen molar-refractivity contribution < 1.29 is 9.13 Å². The molecule has 21 heavy (non-hydrogen) atoms. The first-order valence-electron chi connectivity index (χ1n) is 6.14. The first kappa shape index (κ1) is 15.6. The van der Waals surface area contributed by atoms with Gasteiger partial charge in [0, 0.05) is 27.9 Å². The highest BCUT2D eigenvalue weighted by atomic mass is 32.2. The number of benzene rings is 2. The molecule has 0 aliphatic heterocycles. The molecule has 0 atom stereocenters. The maximum Gasteiger partial charge on any atom is 0.165 e. The van der Waals surface area contributed by atoms with Gasteiger partial charge in [-0.3, -0.25) is 0 Å². The molecular formula is C15H15FN2OS2. The standard InChI is InChI=1S/C15H15FN2OS2/c1-19-12-8-9(6-7-10(12)16)18-11-4-3-5-13(21-2)14(11)15(17)20/h3-8,18H,1-2H3,(H2,17,20). The van der Waals surface area contributed by atoms with Crippen molar-refractivity contribution in [2.75, 3.05) is 18.7 Å². The second kappa shape index (κ2) is 6.78. The van der Waals surface area contributed by atoms with E-state index in [1.54, 1.807) is 23.9 Å². The van der Waals surface area contributed by atoms with E-state index < -0.39 is 5.82 Å². The van der Waals surface area contributed by atoms with E-state index in [4.69, 9.17) is 22.7 Å². The van der Waals surface area contributed by atoms with Gasteiger partial charge in [0.25, 0.3) is 0 Å². The number of nitrogens with two attached hydrogens (primary N) is 1. The zero-order chi connectivity index (χ0) is 15.4. The summed E-state index contributed by atoms with van der Waals surface area (Å²) < 4.78 is 18.4. The van der Waals surface area contributed by atoms with Gasteiger partial charge in [-0.05, 0) is 30.5 Å². The smallest absolute Gasteiger partial charge is 0.165 e. The van der Waals surface area contributed by atoms with E-state index >= 15 is 0 Å². The average molecular weight is 322 g/mol. The second-order valence-corrected chi connectivity index (χ2v) is 5.51. The maximum atomic E-state index is 13.4. The fraction of sp³-hybridized carbons (Fsp3) is 0.133. The number of thiocarbonyl (C=S) groups is 1. The quantitative estimate of drug-likeness (QED) is 0.645.